The van der Waals surface area contributed by atoms with Crippen LogP contribution < -0.4 is 5.32 Å². The van der Waals surface area contributed by atoms with Crippen molar-refractivity contribution in [3.05, 3.63) is 64.7 Å². The number of thioether (sulfide) groups is 1. The summed E-state index contributed by atoms with van der Waals surface area (Å²) >= 11 is 1.95. The first-order chi connectivity index (χ1) is 15.1. The lowest BCUT2D eigenvalue weighted by Gasteiger charge is -2.27. The van der Waals surface area contributed by atoms with E-state index in [-0.39, 0.29) is 12.5 Å². The minimum atomic E-state index is -0.823. The lowest BCUT2D eigenvalue weighted by Crippen LogP contribution is -2.34. The number of nitrogens with one attached hydrogen (secondary N) is 1. The topological polar surface area (TPSA) is 85.2 Å². The van der Waals surface area contributed by atoms with Gasteiger partial charge in [0.25, 0.3) is 5.91 Å². The lowest BCUT2D eigenvalue weighted by molar-refractivity contribution is -0.138. The molecule has 0 radical (unpaired) electrons. The van der Waals surface area contributed by atoms with E-state index in [1.54, 1.807) is 12.1 Å². The molecule has 2 aromatic rings. The van der Waals surface area contributed by atoms with Crippen molar-refractivity contribution in [1.29, 1.82) is 0 Å². The molecule has 1 amide bonds. The molecule has 2 aromatic carbocycles. The third-order valence-electron chi connectivity index (χ3n) is 5.44. The Morgan fingerprint density at radius 2 is 1.84 bits per heavy atom. The monoisotopic (exact) mass is 438 g/mol. The molecule has 2 heterocycles. The van der Waals surface area contributed by atoms with Crippen molar-refractivity contribution < 1.29 is 14.7 Å². The van der Waals surface area contributed by atoms with E-state index in [2.05, 4.69) is 15.4 Å². The molecule has 0 aliphatic carbocycles. The van der Waals surface area contributed by atoms with Crippen molar-refractivity contribution in [3.63, 3.8) is 0 Å². The fraction of sp³-hybridized carbons (Fsp3) is 0.348. The van der Waals surface area contributed by atoms with Crippen molar-refractivity contribution in [2.24, 2.45) is 5.10 Å². The van der Waals surface area contributed by atoms with Gasteiger partial charge in [-0.3, -0.25) is 19.5 Å². The first kappa shape index (κ1) is 21.4. The highest BCUT2D eigenvalue weighted by Crippen LogP contribution is 2.23. The van der Waals surface area contributed by atoms with E-state index in [0.29, 0.717) is 12.1 Å². The first-order valence-electron chi connectivity index (χ1n) is 10.4. The molecule has 0 aromatic heterocycles. The van der Waals surface area contributed by atoms with Crippen LogP contribution in [-0.2, 0) is 17.8 Å². The summed E-state index contributed by atoms with van der Waals surface area (Å²) in [5.74, 6) is 1.22. The number of carbonyl (C=O) groups excluding carboxylic acids is 1. The summed E-state index contributed by atoms with van der Waals surface area (Å²) in [6.45, 7) is 3.28. The molecular weight excluding hydrogens is 412 g/mol. The maximum atomic E-state index is 12.7. The number of hydrazone groups is 1. The van der Waals surface area contributed by atoms with Crippen molar-refractivity contribution in [3.8, 4) is 0 Å². The van der Waals surface area contributed by atoms with Gasteiger partial charge in [-0.25, -0.2) is 0 Å². The molecule has 0 spiro atoms. The number of benzene rings is 2. The van der Waals surface area contributed by atoms with Crippen molar-refractivity contribution in [2.75, 3.05) is 43.0 Å². The van der Waals surface area contributed by atoms with Crippen LogP contribution in [0, 0.1) is 0 Å². The molecule has 0 atom stereocenters. The number of hydrogen-bond donors (Lipinski definition) is 2. The first-order valence-corrected chi connectivity index (χ1v) is 11.6. The second-order valence-electron chi connectivity index (χ2n) is 7.72. The molecule has 31 heavy (non-hydrogen) atoms. The number of aliphatic carboxylic acids is 1. The number of anilines is 1. The minimum absolute atomic E-state index is 0.0302. The van der Waals surface area contributed by atoms with Gasteiger partial charge in [-0.1, -0.05) is 18.2 Å². The van der Waals surface area contributed by atoms with Gasteiger partial charge in [0.2, 0.25) is 0 Å². The van der Waals surface area contributed by atoms with Gasteiger partial charge in [-0.05, 0) is 47.4 Å². The van der Waals surface area contributed by atoms with E-state index in [0.717, 1.165) is 54.4 Å². The Morgan fingerprint density at radius 1 is 1.06 bits per heavy atom. The smallest absolute Gasteiger partial charge is 0.317 e. The van der Waals surface area contributed by atoms with E-state index in [9.17, 15) is 9.59 Å². The number of fused-ring (bicyclic) bond motifs is 1. The second kappa shape index (κ2) is 9.98. The molecule has 0 saturated carbocycles. The minimum Gasteiger partial charge on any atom is -0.480 e. The van der Waals surface area contributed by atoms with Crippen molar-refractivity contribution in [1.82, 2.24) is 9.91 Å². The van der Waals surface area contributed by atoms with Crippen LogP contribution >= 0.6 is 11.8 Å². The number of hydrogen-bond acceptors (Lipinski definition) is 6. The molecule has 162 valence electrons. The standard InChI is InChI=1S/C23H26N4O3S/c28-22(29)16-26-8-7-18-5-6-21(13-20(18)15-26)25-23(30)19-3-1-17(2-4-19)14-24-27-9-11-31-12-10-27/h1-6,13-14H,7-12,15-16H2,(H,25,30)(H,28,29). The maximum Gasteiger partial charge on any atom is 0.317 e. The van der Waals surface area contributed by atoms with Crippen LogP contribution in [0.2, 0.25) is 0 Å². The zero-order valence-corrected chi connectivity index (χ0v) is 18.1. The van der Waals surface area contributed by atoms with Crippen LogP contribution in [0.5, 0.6) is 0 Å². The zero-order chi connectivity index (χ0) is 21.6. The van der Waals surface area contributed by atoms with E-state index in [4.69, 9.17) is 5.11 Å². The van der Waals surface area contributed by atoms with Gasteiger partial charge in [0.1, 0.15) is 0 Å². The molecule has 4 rings (SSSR count). The highest BCUT2D eigenvalue weighted by molar-refractivity contribution is 7.99. The Balaban J connectivity index is 1.37. The summed E-state index contributed by atoms with van der Waals surface area (Å²) in [6.07, 6.45) is 2.65. The molecular formula is C23H26N4O3S. The molecule has 0 bridgehead atoms. The quantitative estimate of drug-likeness (QED) is 0.675. The molecule has 0 unspecified atom stereocenters. The predicted molar refractivity (Wildman–Crippen MR) is 124 cm³/mol. The number of nitrogens with zero attached hydrogens (tertiary/aromatic N) is 3. The fourth-order valence-corrected chi connectivity index (χ4v) is 4.64. The van der Waals surface area contributed by atoms with Crippen molar-refractivity contribution in [2.45, 2.75) is 13.0 Å². The number of rotatable bonds is 6. The molecule has 1 saturated heterocycles. The Labute approximate surface area is 186 Å². The van der Waals surface area contributed by atoms with Gasteiger partial charge in [0.05, 0.1) is 12.8 Å². The van der Waals surface area contributed by atoms with E-state index in [1.807, 2.05) is 53.2 Å². The van der Waals surface area contributed by atoms with Crippen LogP contribution in [0.15, 0.2) is 47.6 Å². The SMILES string of the molecule is O=C(O)CN1CCc2ccc(NC(=O)c3ccc(C=NN4CCSCC4)cc3)cc2C1. The third-order valence-corrected chi connectivity index (χ3v) is 6.39. The van der Waals surface area contributed by atoms with Crippen LogP contribution in [0.3, 0.4) is 0 Å². The van der Waals surface area contributed by atoms with Gasteiger partial charge in [-0.2, -0.15) is 16.9 Å². The average Bonchev–Trinajstić information content (AvgIpc) is 2.78. The van der Waals surface area contributed by atoms with E-state index >= 15 is 0 Å². The maximum absolute atomic E-state index is 12.7. The summed E-state index contributed by atoms with van der Waals surface area (Å²) in [4.78, 5) is 25.6. The Morgan fingerprint density at radius 3 is 2.58 bits per heavy atom. The van der Waals surface area contributed by atoms with E-state index < -0.39 is 5.97 Å². The molecule has 2 aliphatic rings. The largest absolute Gasteiger partial charge is 0.480 e. The summed E-state index contributed by atoms with van der Waals surface area (Å²) in [5, 5.41) is 18.6. The van der Waals surface area contributed by atoms with Gasteiger partial charge in [-0.15, -0.1) is 0 Å². The van der Waals surface area contributed by atoms with Crippen LogP contribution in [0.1, 0.15) is 27.0 Å². The van der Waals surface area contributed by atoms with Gasteiger partial charge in [0.15, 0.2) is 0 Å². The molecule has 2 aliphatic heterocycles. The predicted octanol–water partition coefficient (Wildman–Crippen LogP) is 2.76. The Bertz CT molecular complexity index is 971. The molecule has 7 nitrogen and oxygen atoms in total. The highest BCUT2D eigenvalue weighted by Gasteiger charge is 2.19. The van der Waals surface area contributed by atoms with Gasteiger partial charge in [0, 0.05) is 48.9 Å². The third kappa shape index (κ3) is 5.86. The molecule has 8 heteroatoms. The Hall–Kier alpha value is -2.84. The number of carboxylic acid groups (broad SMARTS) is 1. The summed E-state index contributed by atoms with van der Waals surface area (Å²) < 4.78 is 0. The van der Waals surface area contributed by atoms with Crippen molar-refractivity contribution >= 4 is 35.5 Å². The highest BCUT2D eigenvalue weighted by atomic mass is 32.2. The second-order valence-corrected chi connectivity index (χ2v) is 8.95. The summed E-state index contributed by atoms with van der Waals surface area (Å²) in [6, 6.07) is 13.3. The number of carbonyl (C=O) groups is 2. The zero-order valence-electron chi connectivity index (χ0n) is 17.3. The number of carboxylic acids is 1. The van der Waals surface area contributed by atoms with Gasteiger partial charge < -0.3 is 10.4 Å². The van der Waals surface area contributed by atoms with Crippen LogP contribution in [0.4, 0.5) is 5.69 Å². The molecule has 2 N–H and O–H groups in total. The molecule has 1 fully saturated rings. The summed E-state index contributed by atoms with van der Waals surface area (Å²) in [5.41, 5.74) is 4.52. The van der Waals surface area contributed by atoms with E-state index in [1.165, 1.54) is 5.56 Å². The normalized spacial score (nSPS) is 16.8. The van der Waals surface area contributed by atoms with Crippen LogP contribution in [-0.4, -0.2) is 70.8 Å². The Kier molecular flexibility index (Phi) is 6.89. The number of amides is 1. The van der Waals surface area contributed by atoms with Crippen LogP contribution in [0.25, 0.3) is 0 Å². The van der Waals surface area contributed by atoms with Gasteiger partial charge >= 0.3 is 5.97 Å². The fourth-order valence-electron chi connectivity index (χ4n) is 3.76. The average molecular weight is 439 g/mol. The summed E-state index contributed by atoms with van der Waals surface area (Å²) in [7, 11) is 0. The lowest BCUT2D eigenvalue weighted by atomic mass is 9.99.